The molecule has 5 rings (SSSR count). The van der Waals surface area contributed by atoms with Gasteiger partial charge in [-0.25, -0.2) is 9.55 Å². The largest absolute Gasteiger partial charge is 0.462 e. The second-order valence-electron chi connectivity index (χ2n) is 9.58. The Morgan fingerprint density at radius 1 is 1.36 bits per heavy atom. The number of esters is 1. The number of carbonyl (C=O) groups excluding carboxylic acids is 1. The minimum absolute atomic E-state index is 0.0302. The molecule has 3 aromatic rings. The summed E-state index contributed by atoms with van der Waals surface area (Å²) >= 11 is 0. The van der Waals surface area contributed by atoms with Crippen LogP contribution in [0.3, 0.4) is 0 Å². The van der Waals surface area contributed by atoms with E-state index in [-0.39, 0.29) is 35.6 Å². The fraction of sp³-hybridized carbons (Fsp3) is 0.478. The number of rotatable bonds is 10. The van der Waals surface area contributed by atoms with Gasteiger partial charge in [-0.1, -0.05) is 18.2 Å². The van der Waals surface area contributed by atoms with Gasteiger partial charge >= 0.3 is 13.7 Å². The Morgan fingerprint density at radius 2 is 2.10 bits per heavy atom. The third-order valence-corrected chi connectivity index (χ3v) is 7.86. The van der Waals surface area contributed by atoms with Gasteiger partial charge in [-0.3, -0.25) is 23.7 Å². The predicted molar refractivity (Wildman–Crippen MR) is 136 cm³/mol. The Labute approximate surface area is 222 Å². The van der Waals surface area contributed by atoms with Gasteiger partial charge in [0.25, 0.3) is 5.56 Å². The molecule has 6 atom stereocenters. The number of imidazole rings is 1. The molecule has 16 heteroatoms. The molecule has 5 N–H and O–H groups in total. The van der Waals surface area contributed by atoms with Crippen molar-refractivity contribution >= 4 is 30.8 Å². The highest BCUT2D eigenvalue weighted by Gasteiger charge is 2.63. The van der Waals surface area contributed by atoms with Crippen molar-refractivity contribution in [2.24, 2.45) is 0 Å². The number of nitrogens with zero attached hydrogens (tertiary/aromatic N) is 3. The fourth-order valence-electron chi connectivity index (χ4n) is 4.40. The maximum atomic E-state index is 13.9. The van der Waals surface area contributed by atoms with Crippen molar-refractivity contribution in [3.63, 3.8) is 0 Å². The molecular weight excluding hydrogens is 535 g/mol. The molecule has 4 heterocycles. The number of nitrogens with one attached hydrogen (secondary N) is 2. The average molecular weight is 564 g/mol. The zero-order valence-corrected chi connectivity index (χ0v) is 22.2. The molecule has 15 nitrogen and oxygen atoms in total. The number of hydrogen-bond acceptors (Lipinski definition) is 12. The highest BCUT2D eigenvalue weighted by atomic mass is 31.2. The van der Waals surface area contributed by atoms with Crippen molar-refractivity contribution in [3.8, 4) is 5.75 Å². The first kappa shape index (κ1) is 27.2. The lowest BCUT2D eigenvalue weighted by Crippen LogP contribution is -2.46. The smallest absolute Gasteiger partial charge is 0.459 e. The molecule has 0 amide bonds. The summed E-state index contributed by atoms with van der Waals surface area (Å²) in [6.45, 7) is 4.32. The van der Waals surface area contributed by atoms with E-state index in [1.165, 1.54) is 17.8 Å². The van der Waals surface area contributed by atoms with Gasteiger partial charge in [0.15, 0.2) is 17.4 Å². The number of aliphatic hydroxyl groups is 1. The highest BCUT2D eigenvalue weighted by molar-refractivity contribution is 7.52. The van der Waals surface area contributed by atoms with Gasteiger partial charge in [-0.15, -0.1) is 0 Å². The van der Waals surface area contributed by atoms with Crippen LogP contribution in [-0.4, -0.2) is 73.8 Å². The van der Waals surface area contributed by atoms with Crippen molar-refractivity contribution in [1.82, 2.24) is 24.6 Å². The second-order valence-corrected chi connectivity index (χ2v) is 11.3. The van der Waals surface area contributed by atoms with Gasteiger partial charge in [0.2, 0.25) is 5.95 Å². The number of anilines is 1. The normalized spacial score (nSPS) is 26.5. The molecule has 0 saturated carbocycles. The predicted octanol–water partition coefficient (Wildman–Crippen LogP) is 0.863. The number of benzene rings is 1. The summed E-state index contributed by atoms with van der Waals surface area (Å²) in [5.74, 6) is -0.550. The number of aromatic nitrogens is 4. The number of para-hydroxylation sites is 1. The van der Waals surface area contributed by atoms with Crippen LogP contribution in [0.2, 0.25) is 0 Å². The van der Waals surface area contributed by atoms with Gasteiger partial charge in [0.05, 0.1) is 25.6 Å². The number of carbonyl (C=O) groups is 1. The van der Waals surface area contributed by atoms with Crippen LogP contribution >= 0.6 is 7.75 Å². The molecule has 2 bridgehead atoms. The number of hydrogen-bond donors (Lipinski definition) is 4. The van der Waals surface area contributed by atoms with E-state index in [0.717, 1.165) is 0 Å². The van der Waals surface area contributed by atoms with E-state index in [2.05, 4.69) is 20.0 Å². The molecule has 1 unspecified atom stereocenters. The molecule has 2 aliphatic rings. The number of aliphatic hydroxyl groups excluding tert-OH is 1. The summed E-state index contributed by atoms with van der Waals surface area (Å²) < 4.78 is 43.9. The Morgan fingerprint density at radius 3 is 2.82 bits per heavy atom. The zero-order valence-electron chi connectivity index (χ0n) is 21.3. The molecular formula is C23H29N6O9P. The van der Waals surface area contributed by atoms with Crippen molar-refractivity contribution in [2.45, 2.75) is 57.0 Å². The standard InChI is InChI=1S/C23H29N6O9P/c1-12(2)36-21(32)13(3)28-39(33,38-14-7-5-4-6-8-14)35-10-23-9-34-16(17(23)30)20(37-23)29-11-25-15-18(29)26-22(24)27-19(15)31/h4-8,11-13,16-17,20,30H,9-10H2,1-3H3,(H,28,33)(H3,24,26,27,31)/t13-,16+,17-,20?,23+,39-/m0/s1. The van der Waals surface area contributed by atoms with Gasteiger partial charge in [-0.05, 0) is 32.9 Å². The topological polar surface area (TPSA) is 202 Å². The molecule has 2 saturated heterocycles. The lowest BCUT2D eigenvalue weighted by Gasteiger charge is -2.32. The Balaban J connectivity index is 1.38. The lowest BCUT2D eigenvalue weighted by atomic mass is 10.0. The number of nitrogens with two attached hydrogens (primary N) is 1. The summed E-state index contributed by atoms with van der Waals surface area (Å²) in [6, 6.07) is 7.20. The Hall–Kier alpha value is -3.33. The van der Waals surface area contributed by atoms with Gasteiger partial charge < -0.3 is 29.6 Å². The second kappa shape index (κ2) is 10.3. The first-order valence-electron chi connectivity index (χ1n) is 12.2. The summed E-state index contributed by atoms with van der Waals surface area (Å²) in [6.07, 6.45) is -2.10. The number of fused-ring (bicyclic) bond motifs is 3. The lowest BCUT2D eigenvalue weighted by molar-refractivity contribution is -0.183. The molecule has 0 aliphatic carbocycles. The number of nitrogen functional groups attached to an aromatic ring is 1. The van der Waals surface area contributed by atoms with Crippen molar-refractivity contribution < 1.29 is 37.7 Å². The third-order valence-electron chi connectivity index (χ3n) is 6.24. The third kappa shape index (κ3) is 5.29. The molecule has 0 radical (unpaired) electrons. The van der Waals surface area contributed by atoms with E-state index < -0.39 is 56.0 Å². The number of ether oxygens (including phenoxy) is 3. The van der Waals surface area contributed by atoms with Crippen LogP contribution in [0.1, 0.15) is 27.0 Å². The maximum absolute atomic E-state index is 13.9. The van der Waals surface area contributed by atoms with Gasteiger partial charge in [0, 0.05) is 0 Å². The zero-order chi connectivity index (χ0) is 27.9. The van der Waals surface area contributed by atoms with Crippen LogP contribution in [-0.2, 0) is 28.1 Å². The van der Waals surface area contributed by atoms with Crippen LogP contribution in [0.5, 0.6) is 5.75 Å². The Bertz CT molecular complexity index is 1460. The minimum Gasteiger partial charge on any atom is -0.462 e. The quantitative estimate of drug-likeness (QED) is 0.200. The molecule has 210 valence electrons. The number of H-pyrrole nitrogens is 1. The number of aromatic amines is 1. The van der Waals surface area contributed by atoms with E-state index >= 15 is 0 Å². The van der Waals surface area contributed by atoms with Crippen LogP contribution in [0.4, 0.5) is 5.95 Å². The maximum Gasteiger partial charge on any atom is 0.459 e. The van der Waals surface area contributed by atoms with Gasteiger partial charge in [0.1, 0.15) is 29.6 Å². The molecule has 2 aliphatic heterocycles. The minimum atomic E-state index is -4.23. The summed E-state index contributed by atoms with van der Waals surface area (Å²) in [7, 11) is -4.23. The summed E-state index contributed by atoms with van der Waals surface area (Å²) in [4.78, 5) is 35.2. The van der Waals surface area contributed by atoms with E-state index in [1.54, 1.807) is 44.2 Å². The van der Waals surface area contributed by atoms with Crippen LogP contribution in [0, 0.1) is 0 Å². The van der Waals surface area contributed by atoms with E-state index in [4.69, 9.17) is 29.0 Å². The molecule has 2 fully saturated rings. The molecule has 1 aromatic carbocycles. The van der Waals surface area contributed by atoms with Crippen LogP contribution in [0.15, 0.2) is 41.5 Å². The van der Waals surface area contributed by atoms with Crippen LogP contribution < -0.4 is 20.9 Å². The monoisotopic (exact) mass is 564 g/mol. The molecule has 2 aromatic heterocycles. The van der Waals surface area contributed by atoms with E-state index in [0.29, 0.717) is 0 Å². The SMILES string of the molecule is CC(C)OC(=O)[C@H](C)N[P@](=O)(OC[C@@]12CO[C@@H](C(n3cnc4c(=O)[nH]c(N)nc43)O1)[C@@H]2O)Oc1ccccc1. The first-order chi connectivity index (χ1) is 18.5. The fourth-order valence-corrected chi connectivity index (χ4v) is 5.94. The van der Waals surface area contributed by atoms with Crippen molar-refractivity contribution in [3.05, 3.63) is 47.0 Å². The van der Waals surface area contributed by atoms with Crippen LogP contribution in [0.25, 0.3) is 11.2 Å². The molecule has 0 spiro atoms. The van der Waals surface area contributed by atoms with Gasteiger partial charge in [-0.2, -0.15) is 10.1 Å². The van der Waals surface area contributed by atoms with Crippen molar-refractivity contribution in [1.29, 1.82) is 0 Å². The highest BCUT2D eigenvalue weighted by Crippen LogP contribution is 2.50. The summed E-state index contributed by atoms with van der Waals surface area (Å²) in [5, 5.41) is 13.7. The first-order valence-corrected chi connectivity index (χ1v) is 13.7. The van der Waals surface area contributed by atoms with Crippen molar-refractivity contribution in [2.75, 3.05) is 18.9 Å². The Kier molecular flexibility index (Phi) is 7.22. The van der Waals surface area contributed by atoms with E-state index in [1.807, 2.05) is 0 Å². The van der Waals surface area contributed by atoms with E-state index in [9.17, 15) is 19.3 Å². The summed E-state index contributed by atoms with van der Waals surface area (Å²) in [5.41, 5.74) is 3.87. The average Bonchev–Trinajstić information content (AvgIpc) is 3.52. The molecule has 39 heavy (non-hydrogen) atoms.